The van der Waals surface area contributed by atoms with E-state index in [0.29, 0.717) is 0 Å². The minimum atomic E-state index is 0.168. The molecule has 116 valence electrons. The van der Waals surface area contributed by atoms with E-state index in [9.17, 15) is 0 Å². The summed E-state index contributed by atoms with van der Waals surface area (Å²) in [5, 5.41) is 3.69. The van der Waals surface area contributed by atoms with Gasteiger partial charge in [0.25, 0.3) is 0 Å². The van der Waals surface area contributed by atoms with Crippen molar-refractivity contribution in [1.82, 2.24) is 10.2 Å². The predicted molar refractivity (Wildman–Crippen MR) is 89.9 cm³/mol. The van der Waals surface area contributed by atoms with Crippen molar-refractivity contribution >= 4 is 5.69 Å². The van der Waals surface area contributed by atoms with Crippen LogP contribution in [0.25, 0.3) is 0 Å². The summed E-state index contributed by atoms with van der Waals surface area (Å²) >= 11 is 0. The molecule has 1 fully saturated rings. The molecular formula is C18H29N3. The SMILES string of the molecule is CC1(C)CN(CCN2CCCCC2)c2ccccc2CN1. The van der Waals surface area contributed by atoms with Crippen molar-refractivity contribution in [2.45, 2.75) is 45.2 Å². The first-order valence-electron chi connectivity index (χ1n) is 8.44. The highest BCUT2D eigenvalue weighted by atomic mass is 15.2. The number of hydrogen-bond acceptors (Lipinski definition) is 3. The minimum absolute atomic E-state index is 0.168. The molecule has 3 nitrogen and oxygen atoms in total. The monoisotopic (exact) mass is 287 g/mol. The van der Waals surface area contributed by atoms with E-state index in [0.717, 1.165) is 19.6 Å². The van der Waals surface area contributed by atoms with Crippen LogP contribution in [0.15, 0.2) is 24.3 Å². The Bertz CT molecular complexity index is 463. The molecule has 2 aliphatic heterocycles. The lowest BCUT2D eigenvalue weighted by atomic mass is 10.1. The van der Waals surface area contributed by atoms with E-state index in [2.05, 4.69) is 53.2 Å². The number of anilines is 1. The van der Waals surface area contributed by atoms with Gasteiger partial charge >= 0.3 is 0 Å². The van der Waals surface area contributed by atoms with E-state index >= 15 is 0 Å². The van der Waals surface area contributed by atoms with E-state index in [-0.39, 0.29) is 5.54 Å². The van der Waals surface area contributed by atoms with Gasteiger partial charge in [-0.2, -0.15) is 0 Å². The first-order valence-corrected chi connectivity index (χ1v) is 8.44. The van der Waals surface area contributed by atoms with Crippen LogP contribution in [0, 0.1) is 0 Å². The summed E-state index contributed by atoms with van der Waals surface area (Å²) in [6.07, 6.45) is 4.17. The highest BCUT2D eigenvalue weighted by molar-refractivity contribution is 5.55. The van der Waals surface area contributed by atoms with Gasteiger partial charge in [-0.15, -0.1) is 0 Å². The molecule has 1 aromatic rings. The predicted octanol–water partition coefficient (Wildman–Crippen LogP) is 2.86. The quantitative estimate of drug-likeness (QED) is 0.922. The number of likely N-dealkylation sites (tertiary alicyclic amines) is 1. The van der Waals surface area contributed by atoms with Gasteiger partial charge in [-0.25, -0.2) is 0 Å². The Labute approximate surface area is 129 Å². The Hall–Kier alpha value is -1.06. The lowest BCUT2D eigenvalue weighted by Gasteiger charge is -2.34. The van der Waals surface area contributed by atoms with Crippen LogP contribution in [0.5, 0.6) is 0 Å². The number of para-hydroxylation sites is 1. The zero-order valence-electron chi connectivity index (χ0n) is 13.6. The molecule has 3 rings (SSSR count). The second kappa shape index (κ2) is 6.37. The topological polar surface area (TPSA) is 18.5 Å². The first kappa shape index (κ1) is 14.9. The van der Waals surface area contributed by atoms with Crippen LogP contribution in [-0.2, 0) is 6.54 Å². The molecule has 0 radical (unpaired) electrons. The number of benzene rings is 1. The lowest BCUT2D eigenvalue weighted by Crippen LogP contribution is -2.48. The van der Waals surface area contributed by atoms with E-state index < -0.39 is 0 Å². The Morgan fingerprint density at radius 2 is 1.81 bits per heavy atom. The van der Waals surface area contributed by atoms with E-state index in [1.165, 1.54) is 50.1 Å². The second-order valence-corrected chi connectivity index (χ2v) is 7.19. The van der Waals surface area contributed by atoms with Crippen LogP contribution in [0.2, 0.25) is 0 Å². The average molecular weight is 287 g/mol. The third kappa shape index (κ3) is 3.78. The number of nitrogens with zero attached hydrogens (tertiary/aromatic N) is 2. The highest BCUT2D eigenvalue weighted by Crippen LogP contribution is 2.26. The summed E-state index contributed by atoms with van der Waals surface area (Å²) < 4.78 is 0. The van der Waals surface area contributed by atoms with Crippen LogP contribution in [-0.4, -0.2) is 43.2 Å². The third-order valence-corrected chi connectivity index (χ3v) is 4.81. The summed E-state index contributed by atoms with van der Waals surface area (Å²) in [6.45, 7) is 11.6. The summed E-state index contributed by atoms with van der Waals surface area (Å²) in [4.78, 5) is 5.22. The number of nitrogens with one attached hydrogen (secondary N) is 1. The molecular weight excluding hydrogens is 258 g/mol. The standard InChI is InChI=1S/C18H29N3/c1-18(2)15-21(13-12-20-10-6-3-7-11-20)17-9-5-4-8-16(17)14-19-18/h4-5,8-9,19H,3,6-7,10-15H2,1-2H3. The second-order valence-electron chi connectivity index (χ2n) is 7.19. The van der Waals surface area contributed by atoms with Gasteiger partial charge in [-0.3, -0.25) is 0 Å². The van der Waals surface area contributed by atoms with Crippen molar-refractivity contribution < 1.29 is 0 Å². The molecule has 0 spiro atoms. The van der Waals surface area contributed by atoms with E-state index in [4.69, 9.17) is 0 Å². The van der Waals surface area contributed by atoms with Crippen LogP contribution >= 0.6 is 0 Å². The maximum absolute atomic E-state index is 3.69. The Balaban J connectivity index is 1.71. The largest absolute Gasteiger partial charge is 0.368 e. The van der Waals surface area contributed by atoms with Gasteiger partial charge < -0.3 is 15.1 Å². The number of piperidine rings is 1. The Morgan fingerprint density at radius 1 is 1.05 bits per heavy atom. The minimum Gasteiger partial charge on any atom is -0.368 e. The van der Waals surface area contributed by atoms with Crippen molar-refractivity contribution in [1.29, 1.82) is 0 Å². The zero-order chi connectivity index (χ0) is 14.7. The molecule has 0 aromatic heterocycles. The van der Waals surface area contributed by atoms with Gasteiger partial charge in [0.2, 0.25) is 0 Å². The molecule has 3 heteroatoms. The van der Waals surface area contributed by atoms with Gasteiger partial charge in [0.1, 0.15) is 0 Å². The highest BCUT2D eigenvalue weighted by Gasteiger charge is 2.26. The van der Waals surface area contributed by atoms with Crippen LogP contribution < -0.4 is 10.2 Å². The van der Waals surface area contributed by atoms with Crippen LogP contribution in [0.3, 0.4) is 0 Å². The number of rotatable bonds is 3. The molecule has 0 unspecified atom stereocenters. The fourth-order valence-corrected chi connectivity index (χ4v) is 3.57. The van der Waals surface area contributed by atoms with E-state index in [1.54, 1.807) is 0 Å². The van der Waals surface area contributed by atoms with Gasteiger partial charge in [0.05, 0.1) is 0 Å². The van der Waals surface area contributed by atoms with E-state index in [1.807, 2.05) is 0 Å². The third-order valence-electron chi connectivity index (χ3n) is 4.81. The molecule has 0 amide bonds. The smallest absolute Gasteiger partial charge is 0.0412 e. The van der Waals surface area contributed by atoms with Gasteiger partial charge in [-0.1, -0.05) is 24.6 Å². The van der Waals surface area contributed by atoms with Crippen LogP contribution in [0.4, 0.5) is 5.69 Å². The Kier molecular flexibility index (Phi) is 4.51. The van der Waals surface area contributed by atoms with Crippen LogP contribution in [0.1, 0.15) is 38.7 Å². The normalized spacial score (nSPS) is 22.7. The first-order chi connectivity index (χ1) is 10.1. The summed E-state index contributed by atoms with van der Waals surface area (Å²) in [6, 6.07) is 8.87. The van der Waals surface area contributed by atoms with Gasteiger partial charge in [0, 0.05) is 37.4 Å². The fourth-order valence-electron chi connectivity index (χ4n) is 3.57. The van der Waals surface area contributed by atoms with Gasteiger partial charge in [0.15, 0.2) is 0 Å². The Morgan fingerprint density at radius 3 is 2.62 bits per heavy atom. The molecule has 1 aromatic carbocycles. The molecule has 1 N–H and O–H groups in total. The van der Waals surface area contributed by atoms with Gasteiger partial charge in [-0.05, 0) is 51.4 Å². The maximum atomic E-state index is 3.69. The molecule has 1 saturated heterocycles. The number of fused-ring (bicyclic) bond motifs is 1. The van der Waals surface area contributed by atoms with Crippen molar-refractivity contribution in [2.75, 3.05) is 37.6 Å². The molecule has 21 heavy (non-hydrogen) atoms. The summed E-state index contributed by atoms with van der Waals surface area (Å²) in [7, 11) is 0. The lowest BCUT2D eigenvalue weighted by molar-refractivity contribution is 0.232. The molecule has 0 aliphatic carbocycles. The average Bonchev–Trinajstić information content (AvgIpc) is 2.63. The van der Waals surface area contributed by atoms with Crippen molar-refractivity contribution in [3.63, 3.8) is 0 Å². The molecule has 0 bridgehead atoms. The summed E-state index contributed by atoms with van der Waals surface area (Å²) in [5.74, 6) is 0. The summed E-state index contributed by atoms with van der Waals surface area (Å²) in [5.41, 5.74) is 3.02. The number of hydrogen-bond donors (Lipinski definition) is 1. The zero-order valence-corrected chi connectivity index (χ0v) is 13.6. The van der Waals surface area contributed by atoms with Crippen molar-refractivity contribution in [2.24, 2.45) is 0 Å². The molecule has 2 aliphatic rings. The molecule has 2 heterocycles. The fraction of sp³-hybridized carbons (Fsp3) is 0.667. The maximum Gasteiger partial charge on any atom is 0.0412 e. The molecule has 0 saturated carbocycles. The van der Waals surface area contributed by atoms with Crippen molar-refractivity contribution in [3.8, 4) is 0 Å². The molecule has 0 atom stereocenters. The van der Waals surface area contributed by atoms with Crippen molar-refractivity contribution in [3.05, 3.63) is 29.8 Å².